The zero-order chi connectivity index (χ0) is 12.3. The van der Waals surface area contributed by atoms with Crippen LogP contribution in [0.1, 0.15) is 65.7 Å². The largest absolute Gasteiger partial charge is 0.311 e. The fraction of sp³-hybridized carbons (Fsp3) is 1.00. The van der Waals surface area contributed by atoms with E-state index in [9.17, 15) is 0 Å². The summed E-state index contributed by atoms with van der Waals surface area (Å²) < 4.78 is 0. The van der Waals surface area contributed by atoms with Crippen molar-refractivity contribution in [1.82, 2.24) is 10.2 Å². The van der Waals surface area contributed by atoms with E-state index in [0.29, 0.717) is 11.6 Å². The van der Waals surface area contributed by atoms with Gasteiger partial charge in [-0.15, -0.1) is 0 Å². The van der Waals surface area contributed by atoms with Crippen LogP contribution < -0.4 is 5.32 Å². The zero-order valence-corrected chi connectivity index (χ0v) is 12.0. The van der Waals surface area contributed by atoms with Crippen molar-refractivity contribution in [3.63, 3.8) is 0 Å². The number of piperidine rings is 1. The van der Waals surface area contributed by atoms with Gasteiger partial charge in [-0.2, -0.15) is 0 Å². The molecule has 1 heterocycles. The highest BCUT2D eigenvalue weighted by molar-refractivity contribution is 4.93. The summed E-state index contributed by atoms with van der Waals surface area (Å²) in [5, 5.41) is 3.73. The highest BCUT2D eigenvalue weighted by Gasteiger charge is 2.35. The fourth-order valence-electron chi connectivity index (χ4n) is 3.70. The number of likely N-dealkylation sites (tertiary alicyclic amines) is 1. The van der Waals surface area contributed by atoms with Gasteiger partial charge < -0.3 is 5.32 Å². The average Bonchev–Trinajstić information content (AvgIpc) is 2.29. The Kier molecular flexibility index (Phi) is 4.48. The van der Waals surface area contributed by atoms with Gasteiger partial charge >= 0.3 is 0 Å². The second kappa shape index (κ2) is 5.71. The minimum Gasteiger partial charge on any atom is -0.311 e. The normalized spacial score (nSPS) is 30.7. The van der Waals surface area contributed by atoms with Crippen LogP contribution in [-0.4, -0.2) is 35.6 Å². The molecule has 2 aliphatic rings. The molecule has 0 radical (unpaired) electrons. The van der Waals surface area contributed by atoms with E-state index in [4.69, 9.17) is 0 Å². The molecule has 17 heavy (non-hydrogen) atoms. The van der Waals surface area contributed by atoms with Crippen LogP contribution in [-0.2, 0) is 0 Å². The molecule has 0 aromatic carbocycles. The van der Waals surface area contributed by atoms with Gasteiger partial charge in [-0.25, -0.2) is 0 Å². The third-order valence-electron chi connectivity index (χ3n) is 4.68. The van der Waals surface area contributed by atoms with Crippen molar-refractivity contribution < 1.29 is 0 Å². The first-order valence-electron chi connectivity index (χ1n) is 7.61. The molecule has 2 heteroatoms. The van der Waals surface area contributed by atoms with Crippen LogP contribution in [0.25, 0.3) is 0 Å². The minimum atomic E-state index is 0.510. The molecule has 1 unspecified atom stereocenters. The molecule has 1 aliphatic carbocycles. The molecule has 0 spiro atoms. The van der Waals surface area contributed by atoms with Crippen molar-refractivity contribution >= 4 is 0 Å². The summed E-state index contributed by atoms with van der Waals surface area (Å²) in [7, 11) is 0. The molecule has 1 aliphatic heterocycles. The molecule has 0 amide bonds. The Balaban J connectivity index is 1.91. The summed E-state index contributed by atoms with van der Waals surface area (Å²) in [6.45, 7) is 9.63. The first-order valence-corrected chi connectivity index (χ1v) is 7.61. The van der Waals surface area contributed by atoms with Crippen LogP contribution in [0.4, 0.5) is 0 Å². The van der Waals surface area contributed by atoms with Crippen molar-refractivity contribution in [2.24, 2.45) is 0 Å². The van der Waals surface area contributed by atoms with Gasteiger partial charge in [0.15, 0.2) is 0 Å². The monoisotopic (exact) mass is 238 g/mol. The van der Waals surface area contributed by atoms with Crippen LogP contribution in [0.5, 0.6) is 0 Å². The van der Waals surface area contributed by atoms with Crippen LogP contribution in [0, 0.1) is 0 Å². The maximum atomic E-state index is 3.73. The third-order valence-corrected chi connectivity index (χ3v) is 4.68. The molecule has 1 N–H and O–H groups in total. The maximum absolute atomic E-state index is 3.73. The minimum absolute atomic E-state index is 0.510. The number of hydrogen-bond donors (Lipinski definition) is 1. The fourth-order valence-corrected chi connectivity index (χ4v) is 3.70. The molecule has 0 bridgehead atoms. The van der Waals surface area contributed by atoms with Crippen molar-refractivity contribution in [2.45, 2.75) is 83.3 Å². The van der Waals surface area contributed by atoms with Crippen LogP contribution in [0.3, 0.4) is 0 Å². The summed E-state index contributed by atoms with van der Waals surface area (Å²) >= 11 is 0. The lowest BCUT2D eigenvalue weighted by Gasteiger charge is -2.48. The number of nitrogens with zero attached hydrogens (tertiary/aromatic N) is 1. The summed E-state index contributed by atoms with van der Waals surface area (Å²) in [5.41, 5.74) is 0.510. The second-order valence-electron chi connectivity index (χ2n) is 6.66. The smallest absolute Gasteiger partial charge is 0.0198 e. The standard InChI is InChI=1S/C15H30N2/c1-13(2)16-14-8-7-11-17(12-14)15(3)9-5-4-6-10-15/h13-14,16H,4-12H2,1-3H3. The molecule has 2 rings (SSSR count). The number of rotatable bonds is 3. The Labute approximate surface area is 107 Å². The first kappa shape index (κ1) is 13.4. The zero-order valence-electron chi connectivity index (χ0n) is 12.0. The molecule has 1 saturated carbocycles. The molecule has 0 aromatic rings. The summed E-state index contributed by atoms with van der Waals surface area (Å²) in [5.74, 6) is 0. The van der Waals surface area contributed by atoms with E-state index in [0.717, 1.165) is 6.04 Å². The Bertz CT molecular complexity index is 231. The average molecular weight is 238 g/mol. The van der Waals surface area contributed by atoms with Gasteiger partial charge in [0.05, 0.1) is 0 Å². The predicted molar refractivity (Wildman–Crippen MR) is 74.4 cm³/mol. The SMILES string of the molecule is CC(C)NC1CCCN(C2(C)CCCCC2)C1. The Morgan fingerprint density at radius 1 is 1.12 bits per heavy atom. The molecular weight excluding hydrogens is 208 g/mol. The molecule has 2 fully saturated rings. The molecule has 0 aromatic heterocycles. The highest BCUT2D eigenvalue weighted by atomic mass is 15.2. The quantitative estimate of drug-likeness (QED) is 0.812. The molecule has 1 saturated heterocycles. The Hall–Kier alpha value is -0.0800. The van der Waals surface area contributed by atoms with Gasteiger partial charge in [-0.3, -0.25) is 4.90 Å². The van der Waals surface area contributed by atoms with E-state index in [-0.39, 0.29) is 0 Å². The van der Waals surface area contributed by atoms with Gasteiger partial charge in [-0.05, 0) is 39.2 Å². The van der Waals surface area contributed by atoms with Crippen LogP contribution >= 0.6 is 0 Å². The van der Waals surface area contributed by atoms with Gasteiger partial charge in [0.2, 0.25) is 0 Å². The topological polar surface area (TPSA) is 15.3 Å². The van der Waals surface area contributed by atoms with E-state index < -0.39 is 0 Å². The van der Waals surface area contributed by atoms with Gasteiger partial charge in [0.1, 0.15) is 0 Å². The highest BCUT2D eigenvalue weighted by Crippen LogP contribution is 2.34. The number of nitrogens with one attached hydrogen (secondary N) is 1. The van der Waals surface area contributed by atoms with Crippen LogP contribution in [0.2, 0.25) is 0 Å². The van der Waals surface area contributed by atoms with Crippen molar-refractivity contribution in [3.05, 3.63) is 0 Å². The van der Waals surface area contributed by atoms with Crippen molar-refractivity contribution in [3.8, 4) is 0 Å². The molecular formula is C15H30N2. The van der Waals surface area contributed by atoms with Gasteiger partial charge in [0, 0.05) is 24.2 Å². The number of hydrogen-bond acceptors (Lipinski definition) is 2. The first-order chi connectivity index (χ1) is 8.10. The lowest BCUT2D eigenvalue weighted by molar-refractivity contribution is 0.0348. The Morgan fingerprint density at radius 3 is 2.47 bits per heavy atom. The van der Waals surface area contributed by atoms with Gasteiger partial charge in [-0.1, -0.05) is 33.1 Å². The van der Waals surface area contributed by atoms with E-state index in [1.807, 2.05) is 0 Å². The van der Waals surface area contributed by atoms with Gasteiger partial charge in [0.25, 0.3) is 0 Å². The van der Waals surface area contributed by atoms with E-state index in [2.05, 4.69) is 31.0 Å². The van der Waals surface area contributed by atoms with Crippen molar-refractivity contribution in [1.29, 1.82) is 0 Å². The summed E-state index contributed by atoms with van der Waals surface area (Å²) in [4.78, 5) is 2.79. The lowest BCUT2D eigenvalue weighted by atomic mass is 9.80. The van der Waals surface area contributed by atoms with E-state index in [1.165, 1.54) is 58.0 Å². The van der Waals surface area contributed by atoms with Crippen molar-refractivity contribution in [2.75, 3.05) is 13.1 Å². The maximum Gasteiger partial charge on any atom is 0.0198 e. The molecule has 2 nitrogen and oxygen atoms in total. The predicted octanol–water partition coefficient (Wildman–Crippen LogP) is 3.17. The second-order valence-corrected chi connectivity index (χ2v) is 6.66. The lowest BCUT2D eigenvalue weighted by Crippen LogP contribution is -2.56. The molecule has 100 valence electrons. The summed E-state index contributed by atoms with van der Waals surface area (Å²) in [6.07, 6.45) is 9.91. The summed E-state index contributed by atoms with van der Waals surface area (Å²) in [6, 6.07) is 1.35. The van der Waals surface area contributed by atoms with Crippen LogP contribution in [0.15, 0.2) is 0 Å². The van der Waals surface area contributed by atoms with E-state index in [1.54, 1.807) is 0 Å². The Morgan fingerprint density at radius 2 is 1.82 bits per heavy atom. The third kappa shape index (κ3) is 3.45. The molecule has 1 atom stereocenters. The van der Waals surface area contributed by atoms with E-state index >= 15 is 0 Å².